The molecule has 1 amide bonds. The van der Waals surface area contributed by atoms with Gasteiger partial charge in [-0.3, -0.25) is 14.1 Å². The highest BCUT2D eigenvalue weighted by Crippen LogP contribution is 2.33. The third-order valence-electron chi connectivity index (χ3n) is 8.00. The Morgan fingerprint density at radius 3 is 2.17 bits per heavy atom. The highest BCUT2D eigenvalue weighted by atomic mass is 35.5. The van der Waals surface area contributed by atoms with Crippen LogP contribution in [-0.4, -0.2) is 30.4 Å². The number of hydrogen-bond donors (Lipinski definition) is 2. The van der Waals surface area contributed by atoms with E-state index in [0.717, 1.165) is 33.4 Å². The summed E-state index contributed by atoms with van der Waals surface area (Å²) < 4.78 is 46.5. The average molecular weight is 690 g/mol. The molecule has 0 saturated heterocycles. The summed E-state index contributed by atoms with van der Waals surface area (Å²) in [6.07, 6.45) is 4.41. The van der Waals surface area contributed by atoms with Gasteiger partial charge in [-0.15, -0.1) is 0 Å². The van der Waals surface area contributed by atoms with Crippen LogP contribution in [0, 0.1) is 25.1 Å². The lowest BCUT2D eigenvalue weighted by atomic mass is 9.89. The maximum absolute atomic E-state index is 15.6. The number of benzene rings is 4. The smallest absolute Gasteiger partial charge is 0.264 e. The van der Waals surface area contributed by atoms with E-state index >= 15 is 4.39 Å². The van der Waals surface area contributed by atoms with Crippen LogP contribution in [0.3, 0.4) is 0 Å². The Kier molecular flexibility index (Phi) is 11.8. The molecule has 2 N–H and O–H groups in total. The first kappa shape index (κ1) is 36.7. The minimum Gasteiger partial charge on any atom is -0.323 e. The van der Waals surface area contributed by atoms with Crippen molar-refractivity contribution in [2.24, 2.45) is 5.41 Å². The number of carbonyl (C=O) groups excluding carboxylic acids is 2. The molecule has 0 bridgehead atoms. The molecule has 1 unspecified atom stereocenters. The summed E-state index contributed by atoms with van der Waals surface area (Å²) >= 11 is 6.13. The number of nitrogens with one attached hydrogen (secondary N) is 1. The Balaban J connectivity index is 1.60. The standard InChI is InChI=1S/C39H41ClFNO5S/c1-25-21-31(40)16-17-32(25)33-24-35(41)36(22-26(33)2)42-38(44)34(29-12-8-27(9-13-29)18-19-39(3,4)5)23-28-10-14-30(15-11-28)37(43)7-6-20-48(45,46)47/h8-19,21-22,24,34H,6-7,20,23H2,1-5H3,(H,42,44)(H,45,46,47)/b19-18+. The fraction of sp³-hybridized carbons (Fsp3) is 0.282. The van der Waals surface area contributed by atoms with Crippen molar-refractivity contribution >= 4 is 45.2 Å². The zero-order chi connectivity index (χ0) is 35.2. The normalized spacial score (nSPS) is 12.7. The van der Waals surface area contributed by atoms with Crippen molar-refractivity contribution in [2.75, 3.05) is 11.1 Å². The monoisotopic (exact) mass is 689 g/mol. The van der Waals surface area contributed by atoms with Gasteiger partial charge in [0, 0.05) is 17.0 Å². The Hall–Kier alpha value is -4.11. The van der Waals surface area contributed by atoms with Crippen molar-refractivity contribution in [1.29, 1.82) is 0 Å². The molecule has 252 valence electrons. The third kappa shape index (κ3) is 10.4. The third-order valence-corrected chi connectivity index (χ3v) is 9.04. The molecule has 0 radical (unpaired) electrons. The van der Waals surface area contributed by atoms with Crippen molar-refractivity contribution in [3.05, 3.63) is 129 Å². The number of ketones is 1. The van der Waals surface area contributed by atoms with Gasteiger partial charge in [0.05, 0.1) is 17.4 Å². The molecule has 6 nitrogen and oxygen atoms in total. The van der Waals surface area contributed by atoms with Crippen molar-refractivity contribution < 1.29 is 27.0 Å². The molecule has 4 aromatic rings. The summed E-state index contributed by atoms with van der Waals surface area (Å²) in [5.74, 6) is -2.35. The number of anilines is 1. The summed E-state index contributed by atoms with van der Waals surface area (Å²) in [6, 6.07) is 23.0. The van der Waals surface area contributed by atoms with Crippen LogP contribution in [0.4, 0.5) is 10.1 Å². The number of rotatable bonds is 12. The fourth-order valence-corrected chi connectivity index (χ4v) is 6.12. The van der Waals surface area contributed by atoms with Crippen LogP contribution in [0.2, 0.25) is 5.02 Å². The first-order valence-corrected chi connectivity index (χ1v) is 17.7. The Labute approximate surface area is 287 Å². The second-order valence-corrected chi connectivity index (χ2v) is 15.2. The fourth-order valence-electron chi connectivity index (χ4n) is 5.39. The summed E-state index contributed by atoms with van der Waals surface area (Å²) in [7, 11) is -4.14. The number of hydrogen-bond acceptors (Lipinski definition) is 4. The average Bonchev–Trinajstić information content (AvgIpc) is 3.00. The molecule has 0 aliphatic carbocycles. The molecule has 4 aromatic carbocycles. The lowest BCUT2D eigenvalue weighted by molar-refractivity contribution is -0.117. The van der Waals surface area contributed by atoms with E-state index in [0.29, 0.717) is 16.1 Å². The van der Waals surface area contributed by atoms with Crippen LogP contribution in [-0.2, 0) is 21.3 Å². The number of aryl methyl sites for hydroxylation is 2. The van der Waals surface area contributed by atoms with Gasteiger partial charge < -0.3 is 5.32 Å². The Morgan fingerprint density at radius 2 is 1.56 bits per heavy atom. The quantitative estimate of drug-likeness (QED) is 0.114. The molecule has 0 saturated carbocycles. The van der Waals surface area contributed by atoms with E-state index in [2.05, 4.69) is 32.2 Å². The van der Waals surface area contributed by atoms with Crippen LogP contribution in [0.15, 0.2) is 84.9 Å². The lowest BCUT2D eigenvalue weighted by Gasteiger charge is -2.19. The Morgan fingerprint density at radius 1 is 0.917 bits per heavy atom. The molecule has 4 rings (SSSR count). The van der Waals surface area contributed by atoms with E-state index in [1.54, 1.807) is 36.4 Å². The van der Waals surface area contributed by atoms with Crippen LogP contribution in [0.5, 0.6) is 0 Å². The maximum atomic E-state index is 15.6. The maximum Gasteiger partial charge on any atom is 0.264 e. The van der Waals surface area contributed by atoms with Gasteiger partial charge in [-0.2, -0.15) is 8.42 Å². The first-order valence-electron chi connectivity index (χ1n) is 15.7. The van der Waals surface area contributed by atoms with Crippen molar-refractivity contribution in [1.82, 2.24) is 0 Å². The second-order valence-electron chi connectivity index (χ2n) is 13.2. The lowest BCUT2D eigenvalue weighted by Crippen LogP contribution is -2.24. The zero-order valence-electron chi connectivity index (χ0n) is 27.8. The zero-order valence-corrected chi connectivity index (χ0v) is 29.4. The van der Waals surface area contributed by atoms with E-state index in [1.165, 1.54) is 6.07 Å². The minimum absolute atomic E-state index is 0.00911. The van der Waals surface area contributed by atoms with Crippen molar-refractivity contribution in [3.8, 4) is 11.1 Å². The van der Waals surface area contributed by atoms with Gasteiger partial charge in [-0.25, -0.2) is 4.39 Å². The number of allylic oxidation sites excluding steroid dienone is 1. The van der Waals surface area contributed by atoms with Gasteiger partial charge >= 0.3 is 0 Å². The van der Waals surface area contributed by atoms with Gasteiger partial charge in [0.15, 0.2) is 5.78 Å². The van der Waals surface area contributed by atoms with Gasteiger partial charge in [0.1, 0.15) is 5.82 Å². The SMILES string of the molecule is Cc1cc(Cl)ccc1-c1cc(F)c(NC(=O)C(Cc2ccc(C(=O)CCCS(=O)(=O)O)cc2)c2ccc(/C=C/C(C)(C)C)cc2)cc1C. The van der Waals surface area contributed by atoms with Crippen LogP contribution < -0.4 is 5.32 Å². The van der Waals surface area contributed by atoms with Gasteiger partial charge in [0.25, 0.3) is 10.1 Å². The van der Waals surface area contributed by atoms with E-state index in [-0.39, 0.29) is 42.1 Å². The molecule has 0 aromatic heterocycles. The number of carbonyl (C=O) groups is 2. The van der Waals surface area contributed by atoms with Gasteiger partial charge in [-0.1, -0.05) is 99.1 Å². The second kappa shape index (κ2) is 15.4. The largest absolute Gasteiger partial charge is 0.323 e. The molecular formula is C39H41ClFNO5S. The number of amides is 1. The summed E-state index contributed by atoms with van der Waals surface area (Å²) in [5.41, 5.74) is 6.27. The highest BCUT2D eigenvalue weighted by Gasteiger charge is 2.24. The number of Topliss-reactive ketones (excluding diaryl/α,β-unsaturated/α-hetero) is 1. The summed E-state index contributed by atoms with van der Waals surface area (Å²) in [6.45, 7) is 10.1. The first-order chi connectivity index (χ1) is 22.5. The van der Waals surface area contributed by atoms with Crippen LogP contribution in [0.25, 0.3) is 17.2 Å². The molecule has 0 aliphatic heterocycles. The van der Waals surface area contributed by atoms with E-state index < -0.39 is 27.6 Å². The predicted molar refractivity (Wildman–Crippen MR) is 193 cm³/mol. The van der Waals surface area contributed by atoms with Crippen LogP contribution >= 0.6 is 11.6 Å². The van der Waals surface area contributed by atoms with E-state index in [9.17, 15) is 18.0 Å². The van der Waals surface area contributed by atoms with Crippen molar-refractivity contribution in [3.63, 3.8) is 0 Å². The summed E-state index contributed by atoms with van der Waals surface area (Å²) in [5, 5.41) is 3.42. The molecule has 0 fully saturated rings. The van der Waals surface area contributed by atoms with Crippen molar-refractivity contribution in [2.45, 2.75) is 59.8 Å². The summed E-state index contributed by atoms with van der Waals surface area (Å²) in [4.78, 5) is 26.5. The molecule has 0 spiro atoms. The molecule has 9 heteroatoms. The Bertz CT molecular complexity index is 1930. The molecule has 48 heavy (non-hydrogen) atoms. The predicted octanol–water partition coefficient (Wildman–Crippen LogP) is 9.64. The molecular weight excluding hydrogens is 649 g/mol. The molecule has 1 atom stereocenters. The van der Waals surface area contributed by atoms with Gasteiger partial charge in [0.2, 0.25) is 5.91 Å². The topological polar surface area (TPSA) is 101 Å². The highest BCUT2D eigenvalue weighted by molar-refractivity contribution is 7.85. The van der Waals surface area contributed by atoms with Crippen LogP contribution in [0.1, 0.15) is 77.7 Å². The van der Waals surface area contributed by atoms with E-state index in [1.807, 2.05) is 56.3 Å². The molecule has 0 heterocycles. The van der Waals surface area contributed by atoms with E-state index in [4.69, 9.17) is 16.2 Å². The van der Waals surface area contributed by atoms with Gasteiger partial charge in [-0.05, 0) is 95.3 Å². The minimum atomic E-state index is -4.14. The molecule has 0 aliphatic rings. The number of halogens is 2.